The van der Waals surface area contributed by atoms with E-state index in [9.17, 15) is 0 Å². The van der Waals surface area contributed by atoms with Gasteiger partial charge < -0.3 is 11.1 Å². The summed E-state index contributed by atoms with van der Waals surface area (Å²) in [6.07, 6.45) is 1.01. The van der Waals surface area contributed by atoms with E-state index in [4.69, 9.17) is 5.73 Å². The number of hydrogen-bond acceptors (Lipinski definition) is 2. The van der Waals surface area contributed by atoms with Gasteiger partial charge in [0, 0.05) is 18.3 Å². The van der Waals surface area contributed by atoms with Gasteiger partial charge in [0.15, 0.2) is 0 Å². The number of nitrogens with one attached hydrogen (secondary N) is 1. The summed E-state index contributed by atoms with van der Waals surface area (Å²) in [5.41, 5.74) is 8.15. The van der Waals surface area contributed by atoms with Gasteiger partial charge in [0.1, 0.15) is 0 Å². The zero-order valence-corrected chi connectivity index (χ0v) is 8.38. The van der Waals surface area contributed by atoms with E-state index in [2.05, 4.69) is 24.4 Å². The Morgan fingerprint density at radius 3 is 2.69 bits per heavy atom. The van der Waals surface area contributed by atoms with Crippen molar-refractivity contribution in [2.75, 3.05) is 11.9 Å². The minimum absolute atomic E-state index is 0.275. The number of nitrogens with two attached hydrogens (primary N) is 1. The molecular formula is C11H18N2. The number of para-hydroxylation sites is 1. The second kappa shape index (κ2) is 4.87. The zero-order chi connectivity index (χ0) is 9.68. The van der Waals surface area contributed by atoms with Gasteiger partial charge in [-0.05, 0) is 31.9 Å². The Labute approximate surface area is 80.1 Å². The molecule has 0 bridgehead atoms. The molecule has 1 aromatic rings. The SMILES string of the molecule is Cc1ccccc1NCCC(C)N. The van der Waals surface area contributed by atoms with E-state index in [1.54, 1.807) is 0 Å². The fourth-order valence-electron chi connectivity index (χ4n) is 1.21. The van der Waals surface area contributed by atoms with E-state index in [0.29, 0.717) is 0 Å². The van der Waals surface area contributed by atoms with Crippen molar-refractivity contribution in [1.29, 1.82) is 0 Å². The number of anilines is 1. The quantitative estimate of drug-likeness (QED) is 0.741. The summed E-state index contributed by atoms with van der Waals surface area (Å²) in [6, 6.07) is 8.56. The summed E-state index contributed by atoms with van der Waals surface area (Å²) in [6.45, 7) is 5.08. The maximum atomic E-state index is 5.65. The Morgan fingerprint density at radius 2 is 2.08 bits per heavy atom. The standard InChI is InChI=1S/C11H18N2/c1-9-5-3-4-6-11(9)13-8-7-10(2)12/h3-6,10,13H,7-8,12H2,1-2H3. The molecule has 1 rings (SSSR count). The molecule has 2 heteroatoms. The lowest BCUT2D eigenvalue weighted by atomic mass is 10.2. The van der Waals surface area contributed by atoms with Crippen LogP contribution in [0, 0.1) is 6.92 Å². The van der Waals surface area contributed by atoms with Crippen molar-refractivity contribution in [3.63, 3.8) is 0 Å². The summed E-state index contributed by atoms with van der Waals surface area (Å²) in [7, 11) is 0. The van der Waals surface area contributed by atoms with E-state index < -0.39 is 0 Å². The molecule has 0 saturated heterocycles. The molecule has 2 nitrogen and oxygen atoms in total. The fraction of sp³-hybridized carbons (Fsp3) is 0.455. The predicted molar refractivity (Wildman–Crippen MR) is 57.9 cm³/mol. The Hall–Kier alpha value is -1.02. The normalized spacial score (nSPS) is 12.5. The van der Waals surface area contributed by atoms with Crippen LogP contribution in [0.15, 0.2) is 24.3 Å². The summed E-state index contributed by atoms with van der Waals surface area (Å²) < 4.78 is 0. The van der Waals surface area contributed by atoms with Crippen LogP contribution in [0.25, 0.3) is 0 Å². The van der Waals surface area contributed by atoms with Gasteiger partial charge in [-0.1, -0.05) is 18.2 Å². The molecule has 1 aromatic carbocycles. The topological polar surface area (TPSA) is 38.0 Å². The van der Waals surface area contributed by atoms with Crippen molar-refractivity contribution < 1.29 is 0 Å². The third-order valence-corrected chi connectivity index (χ3v) is 2.06. The Balaban J connectivity index is 2.41. The molecule has 0 aliphatic rings. The number of aryl methyl sites for hydroxylation is 1. The molecule has 72 valence electrons. The van der Waals surface area contributed by atoms with Crippen molar-refractivity contribution >= 4 is 5.69 Å². The van der Waals surface area contributed by atoms with Gasteiger partial charge in [0.2, 0.25) is 0 Å². The lowest BCUT2D eigenvalue weighted by Crippen LogP contribution is -2.19. The Bertz CT molecular complexity index is 256. The molecule has 0 heterocycles. The maximum Gasteiger partial charge on any atom is 0.0369 e. The monoisotopic (exact) mass is 178 g/mol. The van der Waals surface area contributed by atoms with Gasteiger partial charge in [-0.2, -0.15) is 0 Å². The molecule has 0 amide bonds. The maximum absolute atomic E-state index is 5.65. The van der Waals surface area contributed by atoms with Crippen LogP contribution in [0.2, 0.25) is 0 Å². The van der Waals surface area contributed by atoms with Crippen LogP contribution in [0.1, 0.15) is 18.9 Å². The molecule has 0 saturated carbocycles. The molecule has 0 aromatic heterocycles. The highest BCUT2D eigenvalue weighted by Gasteiger charge is 1.96. The fourth-order valence-corrected chi connectivity index (χ4v) is 1.21. The average Bonchev–Trinajstić information content (AvgIpc) is 2.08. The highest BCUT2D eigenvalue weighted by molar-refractivity contribution is 5.50. The molecule has 13 heavy (non-hydrogen) atoms. The third-order valence-electron chi connectivity index (χ3n) is 2.06. The predicted octanol–water partition coefficient (Wildman–Crippen LogP) is 2.14. The molecule has 1 unspecified atom stereocenters. The van der Waals surface area contributed by atoms with Gasteiger partial charge >= 0.3 is 0 Å². The Kier molecular flexibility index (Phi) is 3.77. The van der Waals surface area contributed by atoms with Crippen LogP contribution in [-0.2, 0) is 0 Å². The second-order valence-corrected chi connectivity index (χ2v) is 3.51. The minimum atomic E-state index is 0.275. The van der Waals surface area contributed by atoms with Crippen LogP contribution >= 0.6 is 0 Å². The number of rotatable bonds is 4. The molecule has 0 aliphatic heterocycles. The van der Waals surface area contributed by atoms with Crippen molar-refractivity contribution in [3.8, 4) is 0 Å². The van der Waals surface area contributed by atoms with Gasteiger partial charge in [0.05, 0.1) is 0 Å². The van der Waals surface area contributed by atoms with E-state index in [-0.39, 0.29) is 6.04 Å². The molecule has 0 radical (unpaired) electrons. The minimum Gasteiger partial charge on any atom is -0.385 e. The first-order valence-electron chi connectivity index (χ1n) is 4.75. The van der Waals surface area contributed by atoms with E-state index in [1.807, 2.05) is 19.1 Å². The van der Waals surface area contributed by atoms with Gasteiger partial charge in [-0.3, -0.25) is 0 Å². The summed E-state index contributed by atoms with van der Waals surface area (Å²) in [4.78, 5) is 0. The van der Waals surface area contributed by atoms with Crippen molar-refractivity contribution in [3.05, 3.63) is 29.8 Å². The number of hydrogen-bond donors (Lipinski definition) is 2. The smallest absolute Gasteiger partial charge is 0.0369 e. The van der Waals surface area contributed by atoms with Gasteiger partial charge in [-0.15, -0.1) is 0 Å². The molecule has 0 spiro atoms. The van der Waals surface area contributed by atoms with Crippen LogP contribution in [0.4, 0.5) is 5.69 Å². The highest BCUT2D eigenvalue weighted by atomic mass is 14.9. The molecule has 1 atom stereocenters. The van der Waals surface area contributed by atoms with Crippen molar-refractivity contribution in [1.82, 2.24) is 0 Å². The van der Waals surface area contributed by atoms with Crippen LogP contribution in [0.3, 0.4) is 0 Å². The molecule has 0 aliphatic carbocycles. The van der Waals surface area contributed by atoms with Gasteiger partial charge in [-0.25, -0.2) is 0 Å². The molecule has 0 fully saturated rings. The lowest BCUT2D eigenvalue weighted by molar-refractivity contribution is 0.690. The summed E-state index contributed by atoms with van der Waals surface area (Å²) in [5.74, 6) is 0. The zero-order valence-electron chi connectivity index (χ0n) is 8.38. The van der Waals surface area contributed by atoms with E-state index in [0.717, 1.165) is 13.0 Å². The van der Waals surface area contributed by atoms with Crippen LogP contribution < -0.4 is 11.1 Å². The summed E-state index contributed by atoms with van der Waals surface area (Å²) in [5, 5.41) is 3.36. The largest absolute Gasteiger partial charge is 0.385 e. The van der Waals surface area contributed by atoms with Crippen LogP contribution in [0.5, 0.6) is 0 Å². The first-order valence-corrected chi connectivity index (χ1v) is 4.75. The molecular weight excluding hydrogens is 160 g/mol. The average molecular weight is 178 g/mol. The number of benzene rings is 1. The first kappa shape index (κ1) is 10.1. The highest BCUT2D eigenvalue weighted by Crippen LogP contribution is 2.12. The molecule has 3 N–H and O–H groups in total. The summed E-state index contributed by atoms with van der Waals surface area (Å²) >= 11 is 0. The van der Waals surface area contributed by atoms with E-state index >= 15 is 0 Å². The van der Waals surface area contributed by atoms with E-state index in [1.165, 1.54) is 11.3 Å². The lowest BCUT2D eigenvalue weighted by Gasteiger charge is -2.10. The third kappa shape index (κ3) is 3.47. The second-order valence-electron chi connectivity index (χ2n) is 3.51. The first-order chi connectivity index (χ1) is 6.20. The van der Waals surface area contributed by atoms with Crippen molar-refractivity contribution in [2.45, 2.75) is 26.3 Å². The Morgan fingerprint density at radius 1 is 1.38 bits per heavy atom. The van der Waals surface area contributed by atoms with Crippen molar-refractivity contribution in [2.24, 2.45) is 5.73 Å². The van der Waals surface area contributed by atoms with Crippen LogP contribution in [-0.4, -0.2) is 12.6 Å². The van der Waals surface area contributed by atoms with Gasteiger partial charge in [0.25, 0.3) is 0 Å².